The van der Waals surface area contributed by atoms with Crippen molar-refractivity contribution < 1.29 is 8.78 Å². The Bertz CT molecular complexity index is 52.0. The number of alkyl halides is 2. The molecule has 1 atom stereocenters. The minimum Gasteiger partial charge on any atom is -0.327 e. The Labute approximate surface area is 53.7 Å². The van der Waals surface area contributed by atoms with Crippen molar-refractivity contribution in [3.05, 3.63) is 0 Å². The highest BCUT2D eigenvalue weighted by Crippen LogP contribution is 2.06. The molecule has 0 fully saturated rings. The van der Waals surface area contributed by atoms with Crippen LogP contribution in [0.4, 0.5) is 8.78 Å². The molecule has 0 saturated heterocycles. The van der Waals surface area contributed by atoms with Gasteiger partial charge in [-0.3, -0.25) is 0 Å². The fourth-order valence-electron chi connectivity index (χ4n) is 0.0546. The Hall–Kier alpha value is 0.110. The molecule has 0 aliphatic carbocycles. The SMILES string of the molecule is CC(F)(CN)CF.Cl. The molecule has 0 aromatic rings. The minimum atomic E-state index is -1.81. The summed E-state index contributed by atoms with van der Waals surface area (Å²) in [5, 5.41) is 0. The van der Waals surface area contributed by atoms with Crippen LogP contribution in [-0.2, 0) is 0 Å². The normalized spacial score (nSPS) is 16.5. The Balaban J connectivity index is 0. The first-order chi connectivity index (χ1) is 3.12. The van der Waals surface area contributed by atoms with Gasteiger partial charge in [-0.05, 0) is 6.92 Å². The van der Waals surface area contributed by atoms with Crippen LogP contribution in [0.5, 0.6) is 0 Å². The van der Waals surface area contributed by atoms with E-state index in [1.165, 1.54) is 0 Å². The van der Waals surface area contributed by atoms with Crippen molar-refractivity contribution >= 4 is 12.4 Å². The fourth-order valence-corrected chi connectivity index (χ4v) is 0.0546. The molecular formula is C4H10ClF2N. The van der Waals surface area contributed by atoms with E-state index in [4.69, 9.17) is 5.73 Å². The third-order valence-electron chi connectivity index (χ3n) is 0.704. The van der Waals surface area contributed by atoms with Crippen molar-refractivity contribution in [3.63, 3.8) is 0 Å². The van der Waals surface area contributed by atoms with Crippen molar-refractivity contribution in [1.29, 1.82) is 0 Å². The first-order valence-electron chi connectivity index (χ1n) is 2.07. The molecule has 1 nitrogen and oxygen atoms in total. The quantitative estimate of drug-likeness (QED) is 0.618. The van der Waals surface area contributed by atoms with Gasteiger partial charge in [0.15, 0.2) is 0 Å². The molecule has 0 amide bonds. The number of hydrogen-bond acceptors (Lipinski definition) is 1. The highest BCUT2D eigenvalue weighted by Gasteiger charge is 2.19. The van der Waals surface area contributed by atoms with E-state index in [1.54, 1.807) is 0 Å². The van der Waals surface area contributed by atoms with Gasteiger partial charge in [0, 0.05) is 6.54 Å². The second-order valence-electron chi connectivity index (χ2n) is 1.75. The number of hydrogen-bond donors (Lipinski definition) is 1. The van der Waals surface area contributed by atoms with Crippen molar-refractivity contribution in [2.24, 2.45) is 5.73 Å². The molecule has 2 N–H and O–H groups in total. The number of halogens is 3. The van der Waals surface area contributed by atoms with Crippen LogP contribution in [0.25, 0.3) is 0 Å². The Morgan fingerprint density at radius 1 is 1.62 bits per heavy atom. The predicted molar refractivity (Wildman–Crippen MR) is 31.8 cm³/mol. The average molecular weight is 146 g/mol. The lowest BCUT2D eigenvalue weighted by Gasteiger charge is -2.10. The van der Waals surface area contributed by atoms with Crippen LogP contribution in [-0.4, -0.2) is 18.9 Å². The van der Waals surface area contributed by atoms with Gasteiger partial charge >= 0.3 is 0 Å². The van der Waals surface area contributed by atoms with Crippen LogP contribution in [0, 0.1) is 0 Å². The van der Waals surface area contributed by atoms with Gasteiger partial charge in [0.1, 0.15) is 12.3 Å². The Morgan fingerprint density at radius 2 is 2.00 bits per heavy atom. The second-order valence-corrected chi connectivity index (χ2v) is 1.75. The summed E-state index contributed by atoms with van der Waals surface area (Å²) in [5.74, 6) is 0. The topological polar surface area (TPSA) is 26.0 Å². The van der Waals surface area contributed by atoms with E-state index in [0.717, 1.165) is 6.92 Å². The van der Waals surface area contributed by atoms with Crippen LogP contribution < -0.4 is 5.73 Å². The Kier molecular flexibility index (Phi) is 5.54. The molecule has 0 bridgehead atoms. The van der Waals surface area contributed by atoms with Gasteiger partial charge < -0.3 is 5.73 Å². The van der Waals surface area contributed by atoms with Crippen molar-refractivity contribution in [3.8, 4) is 0 Å². The summed E-state index contributed by atoms with van der Waals surface area (Å²) in [4.78, 5) is 0. The average Bonchev–Trinajstić information content (AvgIpc) is 1.68. The molecule has 0 saturated carbocycles. The van der Waals surface area contributed by atoms with Crippen LogP contribution in [0.15, 0.2) is 0 Å². The summed E-state index contributed by atoms with van der Waals surface area (Å²) in [5.41, 5.74) is 3.00. The number of rotatable bonds is 2. The van der Waals surface area contributed by atoms with Crippen LogP contribution in [0.1, 0.15) is 6.92 Å². The standard InChI is InChI=1S/C4H9F2N.ClH/c1-4(6,2-5)3-7;/h2-3,7H2,1H3;1H. The smallest absolute Gasteiger partial charge is 0.148 e. The summed E-state index contributed by atoms with van der Waals surface area (Å²) < 4.78 is 23.4. The highest BCUT2D eigenvalue weighted by atomic mass is 35.5. The first kappa shape index (κ1) is 11.0. The monoisotopic (exact) mass is 145 g/mol. The minimum absolute atomic E-state index is 0. The third-order valence-corrected chi connectivity index (χ3v) is 0.704. The van der Waals surface area contributed by atoms with Gasteiger partial charge in [0.2, 0.25) is 0 Å². The van der Waals surface area contributed by atoms with Gasteiger partial charge in [0.25, 0.3) is 0 Å². The molecule has 0 radical (unpaired) electrons. The summed E-state index contributed by atoms with van der Waals surface area (Å²) in [6.45, 7) is -0.111. The van der Waals surface area contributed by atoms with E-state index >= 15 is 0 Å². The highest BCUT2D eigenvalue weighted by molar-refractivity contribution is 5.85. The van der Waals surface area contributed by atoms with Gasteiger partial charge in [-0.1, -0.05) is 0 Å². The maximum absolute atomic E-state index is 12.0. The molecule has 4 heteroatoms. The molecule has 0 heterocycles. The van der Waals surface area contributed by atoms with Crippen LogP contribution >= 0.6 is 12.4 Å². The number of nitrogens with two attached hydrogens (primary N) is 1. The fraction of sp³-hybridized carbons (Fsp3) is 1.00. The molecule has 0 aliphatic rings. The van der Waals surface area contributed by atoms with Gasteiger partial charge in [-0.25, -0.2) is 8.78 Å². The van der Waals surface area contributed by atoms with Gasteiger partial charge in [0.05, 0.1) is 0 Å². The zero-order chi connectivity index (χ0) is 5.91. The van der Waals surface area contributed by atoms with Crippen molar-refractivity contribution in [2.75, 3.05) is 13.2 Å². The zero-order valence-corrected chi connectivity index (χ0v) is 5.47. The zero-order valence-electron chi connectivity index (χ0n) is 4.66. The van der Waals surface area contributed by atoms with E-state index in [1.807, 2.05) is 0 Å². The predicted octanol–water partition coefficient (Wildman–Crippen LogP) is 1.06. The van der Waals surface area contributed by atoms with E-state index < -0.39 is 12.3 Å². The van der Waals surface area contributed by atoms with Crippen molar-refractivity contribution in [1.82, 2.24) is 0 Å². The largest absolute Gasteiger partial charge is 0.327 e. The molecule has 8 heavy (non-hydrogen) atoms. The van der Waals surface area contributed by atoms with Gasteiger partial charge in [-0.2, -0.15) is 0 Å². The molecule has 52 valence electrons. The molecule has 0 aliphatic heterocycles. The molecule has 0 rings (SSSR count). The van der Waals surface area contributed by atoms with Gasteiger partial charge in [-0.15, -0.1) is 12.4 Å². The Morgan fingerprint density at radius 3 is 2.00 bits per heavy atom. The lowest BCUT2D eigenvalue weighted by molar-refractivity contribution is 0.151. The second kappa shape index (κ2) is 4.04. The summed E-state index contributed by atoms with van der Waals surface area (Å²) in [6.07, 6.45) is 0. The lowest BCUT2D eigenvalue weighted by atomic mass is 10.2. The maximum atomic E-state index is 12.0. The van der Waals surface area contributed by atoms with Crippen molar-refractivity contribution in [2.45, 2.75) is 12.6 Å². The van der Waals surface area contributed by atoms with Crippen LogP contribution in [0.3, 0.4) is 0 Å². The first-order valence-corrected chi connectivity index (χ1v) is 2.07. The summed E-state index contributed by atoms with van der Waals surface area (Å²) in [6, 6.07) is 0. The molecule has 0 aromatic carbocycles. The van der Waals surface area contributed by atoms with E-state index in [2.05, 4.69) is 0 Å². The summed E-state index contributed by atoms with van der Waals surface area (Å²) in [7, 11) is 0. The lowest BCUT2D eigenvalue weighted by Crippen LogP contribution is -2.31. The summed E-state index contributed by atoms with van der Waals surface area (Å²) >= 11 is 0. The van der Waals surface area contributed by atoms with E-state index in [-0.39, 0.29) is 19.0 Å². The maximum Gasteiger partial charge on any atom is 0.148 e. The molecular weight excluding hydrogens is 136 g/mol. The van der Waals surface area contributed by atoms with Crippen LogP contribution in [0.2, 0.25) is 0 Å². The van der Waals surface area contributed by atoms with E-state index in [9.17, 15) is 8.78 Å². The molecule has 0 aromatic heterocycles. The third kappa shape index (κ3) is 4.27. The molecule has 1 unspecified atom stereocenters. The molecule has 0 spiro atoms. The van der Waals surface area contributed by atoms with E-state index in [0.29, 0.717) is 0 Å².